The van der Waals surface area contributed by atoms with Crippen molar-refractivity contribution in [2.75, 3.05) is 0 Å². The van der Waals surface area contributed by atoms with Crippen molar-refractivity contribution in [1.29, 1.82) is 0 Å². The molecular formula is C23H29Cl2NO. The molecule has 2 aromatic carbocycles. The Bertz CT molecular complexity index is 810. The molecule has 1 aliphatic rings. The van der Waals surface area contributed by atoms with E-state index in [-0.39, 0.29) is 0 Å². The number of nitrogens with two attached hydrogens (primary N) is 1. The molecule has 0 spiro atoms. The molecule has 0 amide bonds. The molecule has 0 aliphatic heterocycles. The van der Waals surface area contributed by atoms with E-state index in [4.69, 9.17) is 28.9 Å². The Hall–Kier alpha value is -1.06. The Kier molecular flexibility index (Phi) is 6.53. The lowest BCUT2D eigenvalue weighted by molar-refractivity contribution is 0.0693. The number of aliphatic hydroxyl groups is 1. The van der Waals surface area contributed by atoms with Crippen molar-refractivity contribution in [1.82, 2.24) is 0 Å². The smallest absolute Gasteiger partial charge is 0.0975 e. The normalized spacial score (nSPS) is 14.1. The van der Waals surface area contributed by atoms with Gasteiger partial charge in [0.2, 0.25) is 0 Å². The zero-order valence-corrected chi connectivity index (χ0v) is 17.7. The predicted molar refractivity (Wildman–Crippen MR) is 116 cm³/mol. The minimum atomic E-state index is -0.746. The van der Waals surface area contributed by atoms with Crippen LogP contribution in [-0.2, 0) is 6.42 Å². The van der Waals surface area contributed by atoms with E-state index >= 15 is 0 Å². The van der Waals surface area contributed by atoms with Crippen molar-refractivity contribution in [3.63, 3.8) is 0 Å². The monoisotopic (exact) mass is 405 g/mol. The van der Waals surface area contributed by atoms with Crippen LogP contribution >= 0.6 is 23.2 Å². The van der Waals surface area contributed by atoms with Gasteiger partial charge < -0.3 is 10.8 Å². The van der Waals surface area contributed by atoms with Crippen LogP contribution in [-0.4, -0.2) is 10.6 Å². The van der Waals surface area contributed by atoms with Crippen LogP contribution < -0.4 is 5.73 Å². The van der Waals surface area contributed by atoms with Gasteiger partial charge >= 0.3 is 0 Å². The summed E-state index contributed by atoms with van der Waals surface area (Å²) in [6.45, 7) is 4.31. The lowest BCUT2D eigenvalue weighted by Gasteiger charge is -2.36. The fourth-order valence-electron chi connectivity index (χ4n) is 4.25. The van der Waals surface area contributed by atoms with Gasteiger partial charge in [0.1, 0.15) is 0 Å². The molecule has 3 rings (SSSR count). The molecule has 0 aromatic heterocycles. The summed E-state index contributed by atoms with van der Waals surface area (Å²) in [5.41, 5.74) is 11.6. The van der Waals surface area contributed by atoms with E-state index in [1.54, 1.807) is 0 Å². The number of benzene rings is 2. The van der Waals surface area contributed by atoms with Gasteiger partial charge in [0.05, 0.1) is 6.10 Å². The summed E-state index contributed by atoms with van der Waals surface area (Å²) in [7, 11) is 0. The second kappa shape index (κ2) is 8.53. The third-order valence-corrected chi connectivity index (χ3v) is 6.22. The van der Waals surface area contributed by atoms with Crippen LogP contribution in [0.5, 0.6) is 0 Å². The van der Waals surface area contributed by atoms with Gasteiger partial charge in [0.15, 0.2) is 0 Å². The summed E-state index contributed by atoms with van der Waals surface area (Å²) < 4.78 is 0. The summed E-state index contributed by atoms with van der Waals surface area (Å²) in [5.74, 6) is 0. The van der Waals surface area contributed by atoms with Crippen LogP contribution in [0.1, 0.15) is 75.2 Å². The van der Waals surface area contributed by atoms with Gasteiger partial charge in [-0.3, -0.25) is 0 Å². The van der Waals surface area contributed by atoms with Crippen molar-refractivity contribution >= 4 is 23.2 Å². The number of fused-ring (bicyclic) bond motifs is 3. The quantitative estimate of drug-likeness (QED) is 0.439. The zero-order chi connectivity index (χ0) is 19.6. The van der Waals surface area contributed by atoms with Gasteiger partial charge in [-0.2, -0.15) is 0 Å². The first-order valence-corrected chi connectivity index (χ1v) is 10.7. The molecule has 2 aromatic rings. The van der Waals surface area contributed by atoms with E-state index in [1.165, 1.54) is 5.56 Å². The first-order chi connectivity index (χ1) is 12.9. The molecule has 0 bridgehead atoms. The van der Waals surface area contributed by atoms with Crippen LogP contribution in [0, 0.1) is 0 Å². The molecule has 3 N–H and O–H groups in total. The first kappa shape index (κ1) is 20.7. The van der Waals surface area contributed by atoms with Gasteiger partial charge in [0.25, 0.3) is 0 Å². The topological polar surface area (TPSA) is 46.2 Å². The molecule has 0 saturated carbocycles. The van der Waals surface area contributed by atoms with Crippen molar-refractivity contribution in [3.8, 4) is 11.1 Å². The maximum atomic E-state index is 11.5. The molecule has 0 saturated heterocycles. The van der Waals surface area contributed by atoms with Crippen LogP contribution in [0.4, 0.5) is 0 Å². The second-order valence-corrected chi connectivity index (χ2v) is 8.72. The SMILES string of the molecule is CCCCC(N)(CCCC)C(O)c1cc(Cl)cc2c1-c1ccc(Cl)cc1C2. The second-order valence-electron chi connectivity index (χ2n) is 7.85. The number of aliphatic hydroxyl groups excluding tert-OH is 1. The average Bonchev–Trinajstić information content (AvgIpc) is 3.00. The standard InChI is InChI=1S/C23H29Cl2NO/c1-3-5-9-23(26,10-6-4-2)22(27)20-14-18(25)13-16-11-15-12-17(24)7-8-19(15)21(16)20/h7-8,12-14,22,27H,3-6,9-11,26H2,1-2H3. The van der Waals surface area contributed by atoms with E-state index in [1.807, 2.05) is 30.3 Å². The van der Waals surface area contributed by atoms with Crippen molar-refractivity contribution in [2.45, 2.75) is 70.4 Å². The van der Waals surface area contributed by atoms with Gasteiger partial charge in [-0.25, -0.2) is 0 Å². The van der Waals surface area contributed by atoms with Crippen LogP contribution in [0.2, 0.25) is 10.0 Å². The van der Waals surface area contributed by atoms with Gasteiger partial charge in [0, 0.05) is 15.6 Å². The van der Waals surface area contributed by atoms with E-state index in [2.05, 4.69) is 13.8 Å². The maximum absolute atomic E-state index is 11.5. The molecule has 1 aliphatic carbocycles. The molecule has 1 atom stereocenters. The molecular weight excluding hydrogens is 377 g/mol. The first-order valence-electron chi connectivity index (χ1n) is 9.97. The minimum absolute atomic E-state index is 0.639. The Morgan fingerprint density at radius 2 is 1.63 bits per heavy atom. The maximum Gasteiger partial charge on any atom is 0.0975 e. The van der Waals surface area contributed by atoms with E-state index in [0.29, 0.717) is 5.02 Å². The van der Waals surface area contributed by atoms with Crippen molar-refractivity contribution < 1.29 is 5.11 Å². The molecule has 27 heavy (non-hydrogen) atoms. The number of halogens is 2. The van der Waals surface area contributed by atoms with E-state index < -0.39 is 11.6 Å². The molecule has 2 nitrogen and oxygen atoms in total. The number of hydrogen-bond acceptors (Lipinski definition) is 2. The van der Waals surface area contributed by atoms with Crippen LogP contribution in [0.15, 0.2) is 30.3 Å². The van der Waals surface area contributed by atoms with Gasteiger partial charge in [-0.15, -0.1) is 0 Å². The highest BCUT2D eigenvalue weighted by molar-refractivity contribution is 6.31. The molecule has 0 heterocycles. The lowest BCUT2D eigenvalue weighted by Crippen LogP contribution is -2.46. The average molecular weight is 406 g/mol. The van der Waals surface area contributed by atoms with Crippen molar-refractivity contribution in [2.24, 2.45) is 5.73 Å². The zero-order valence-electron chi connectivity index (χ0n) is 16.2. The molecule has 0 radical (unpaired) electrons. The van der Waals surface area contributed by atoms with Gasteiger partial charge in [-0.05, 0) is 71.3 Å². The third-order valence-electron chi connectivity index (χ3n) is 5.76. The van der Waals surface area contributed by atoms with Crippen molar-refractivity contribution in [3.05, 3.63) is 57.1 Å². The molecule has 146 valence electrons. The predicted octanol–water partition coefficient (Wildman–Crippen LogP) is 6.68. The van der Waals surface area contributed by atoms with Crippen LogP contribution in [0.3, 0.4) is 0 Å². The van der Waals surface area contributed by atoms with E-state index in [0.717, 1.165) is 72.2 Å². The highest BCUT2D eigenvalue weighted by Crippen LogP contribution is 2.46. The van der Waals surface area contributed by atoms with Crippen LogP contribution in [0.25, 0.3) is 11.1 Å². The Balaban J connectivity index is 2.07. The lowest BCUT2D eigenvalue weighted by atomic mass is 9.78. The summed E-state index contributed by atoms with van der Waals surface area (Å²) in [6.07, 6.45) is 5.79. The fraction of sp³-hybridized carbons (Fsp3) is 0.478. The molecule has 1 unspecified atom stereocenters. The molecule has 0 fully saturated rings. The molecule has 4 heteroatoms. The Labute approximate surface area is 172 Å². The number of unbranched alkanes of at least 4 members (excludes halogenated alkanes) is 2. The summed E-state index contributed by atoms with van der Waals surface area (Å²) >= 11 is 12.6. The minimum Gasteiger partial charge on any atom is -0.386 e. The number of rotatable bonds is 8. The number of hydrogen-bond donors (Lipinski definition) is 2. The summed E-state index contributed by atoms with van der Waals surface area (Å²) in [6, 6.07) is 9.85. The highest BCUT2D eigenvalue weighted by atomic mass is 35.5. The Morgan fingerprint density at radius 1 is 1.00 bits per heavy atom. The third kappa shape index (κ3) is 4.19. The fourth-order valence-corrected chi connectivity index (χ4v) is 4.69. The Morgan fingerprint density at radius 3 is 2.26 bits per heavy atom. The largest absolute Gasteiger partial charge is 0.386 e. The summed E-state index contributed by atoms with van der Waals surface area (Å²) in [4.78, 5) is 0. The van der Waals surface area contributed by atoms with E-state index in [9.17, 15) is 5.11 Å². The summed E-state index contributed by atoms with van der Waals surface area (Å²) in [5, 5.41) is 12.8. The highest BCUT2D eigenvalue weighted by Gasteiger charge is 2.37. The van der Waals surface area contributed by atoms with Gasteiger partial charge in [-0.1, -0.05) is 68.8 Å².